The largest absolute Gasteiger partial charge is 0.354 e. The highest BCUT2D eigenvalue weighted by atomic mass is 127. The molecular formula is C21H34IN5O. The van der Waals surface area contributed by atoms with Gasteiger partial charge in [-0.2, -0.15) is 0 Å². The maximum Gasteiger partial charge on any atom is 0.243 e. The van der Waals surface area contributed by atoms with Gasteiger partial charge in [0.15, 0.2) is 5.96 Å². The summed E-state index contributed by atoms with van der Waals surface area (Å²) in [6.45, 7) is 8.85. The standard InChI is InChI=1S/C21H33N5O.HI/c1-5-13-22-21(23-16-20(27)25(3)4)24-19-11-14-26(15-12-19)17(2)18-9-7-6-8-10-18;/h5-10,17,19H,1,11-16H2,2-4H3,(H2,22,23,24);1H. The number of guanidine groups is 1. The van der Waals surface area contributed by atoms with Gasteiger partial charge in [0.2, 0.25) is 5.91 Å². The van der Waals surface area contributed by atoms with E-state index in [0.717, 1.165) is 25.9 Å². The maximum atomic E-state index is 11.8. The molecule has 1 aliphatic rings. The molecule has 156 valence electrons. The van der Waals surface area contributed by atoms with Gasteiger partial charge < -0.3 is 15.5 Å². The number of nitrogens with zero attached hydrogens (tertiary/aromatic N) is 3. The van der Waals surface area contributed by atoms with Crippen molar-refractivity contribution in [1.29, 1.82) is 0 Å². The predicted molar refractivity (Wildman–Crippen MR) is 127 cm³/mol. The van der Waals surface area contributed by atoms with Crippen LogP contribution < -0.4 is 10.6 Å². The van der Waals surface area contributed by atoms with E-state index in [4.69, 9.17) is 0 Å². The first-order valence-corrected chi connectivity index (χ1v) is 9.66. The fourth-order valence-electron chi connectivity index (χ4n) is 3.18. The summed E-state index contributed by atoms with van der Waals surface area (Å²) in [6.07, 6.45) is 3.89. The summed E-state index contributed by atoms with van der Waals surface area (Å²) in [6, 6.07) is 11.4. The zero-order valence-corrected chi connectivity index (χ0v) is 19.6. The number of benzene rings is 1. The quantitative estimate of drug-likeness (QED) is 0.262. The second kappa shape index (κ2) is 12.8. The Morgan fingerprint density at radius 1 is 1.32 bits per heavy atom. The van der Waals surface area contributed by atoms with E-state index in [2.05, 4.69) is 64.4 Å². The highest BCUT2D eigenvalue weighted by Crippen LogP contribution is 2.23. The van der Waals surface area contributed by atoms with Gasteiger partial charge in [0, 0.05) is 45.8 Å². The number of carbonyl (C=O) groups is 1. The minimum absolute atomic E-state index is 0. The zero-order valence-electron chi connectivity index (χ0n) is 17.2. The normalized spacial score (nSPS) is 16.6. The molecule has 0 radical (unpaired) electrons. The minimum atomic E-state index is -0.0128. The summed E-state index contributed by atoms with van der Waals surface area (Å²) in [4.78, 5) is 20.3. The Balaban J connectivity index is 0.00000392. The molecule has 1 atom stereocenters. The van der Waals surface area contributed by atoms with Crippen LogP contribution in [-0.2, 0) is 4.79 Å². The van der Waals surface area contributed by atoms with Gasteiger partial charge in [0.05, 0.1) is 0 Å². The average molecular weight is 499 g/mol. The van der Waals surface area contributed by atoms with Crippen LogP contribution in [0.2, 0.25) is 0 Å². The van der Waals surface area contributed by atoms with E-state index in [1.165, 1.54) is 5.56 Å². The van der Waals surface area contributed by atoms with Gasteiger partial charge >= 0.3 is 0 Å². The molecule has 1 fully saturated rings. The number of carbonyl (C=O) groups excluding carboxylic acids is 1. The summed E-state index contributed by atoms with van der Waals surface area (Å²) < 4.78 is 0. The number of hydrogen-bond acceptors (Lipinski definition) is 3. The first-order chi connectivity index (χ1) is 13.0. The van der Waals surface area contributed by atoms with Gasteiger partial charge in [-0.05, 0) is 25.3 Å². The number of amides is 1. The van der Waals surface area contributed by atoms with Gasteiger partial charge in [-0.15, -0.1) is 30.6 Å². The van der Waals surface area contributed by atoms with E-state index < -0.39 is 0 Å². The lowest BCUT2D eigenvalue weighted by Crippen LogP contribution is -2.49. The number of hydrogen-bond donors (Lipinski definition) is 2. The van der Waals surface area contributed by atoms with Crippen LogP contribution in [0.15, 0.2) is 48.0 Å². The van der Waals surface area contributed by atoms with Crippen LogP contribution in [0.5, 0.6) is 0 Å². The Morgan fingerprint density at radius 2 is 1.96 bits per heavy atom. The van der Waals surface area contributed by atoms with Gasteiger partial charge in [-0.3, -0.25) is 9.69 Å². The Hall–Kier alpha value is -1.61. The van der Waals surface area contributed by atoms with E-state index in [0.29, 0.717) is 24.6 Å². The predicted octanol–water partition coefficient (Wildman–Crippen LogP) is 2.64. The molecule has 1 aliphatic heterocycles. The minimum Gasteiger partial charge on any atom is -0.354 e. The van der Waals surface area contributed by atoms with Crippen LogP contribution in [0, 0.1) is 0 Å². The van der Waals surface area contributed by atoms with E-state index in [1.807, 2.05) is 0 Å². The van der Waals surface area contributed by atoms with Crippen molar-refractivity contribution in [2.45, 2.75) is 31.8 Å². The Labute approximate surface area is 186 Å². The molecule has 0 spiro atoms. The van der Waals surface area contributed by atoms with Crippen LogP contribution >= 0.6 is 24.0 Å². The van der Waals surface area contributed by atoms with Crippen LogP contribution in [0.1, 0.15) is 31.4 Å². The Kier molecular flexibility index (Phi) is 11.1. The summed E-state index contributed by atoms with van der Waals surface area (Å²) in [5.41, 5.74) is 1.36. The molecule has 1 unspecified atom stereocenters. The molecule has 1 heterocycles. The summed E-state index contributed by atoms with van der Waals surface area (Å²) in [7, 11) is 3.48. The molecule has 1 aromatic carbocycles. The average Bonchev–Trinajstić information content (AvgIpc) is 2.70. The topological polar surface area (TPSA) is 60.0 Å². The smallest absolute Gasteiger partial charge is 0.243 e. The lowest BCUT2D eigenvalue weighted by molar-refractivity contribution is -0.127. The molecule has 28 heavy (non-hydrogen) atoms. The van der Waals surface area contributed by atoms with Crippen LogP contribution in [0.3, 0.4) is 0 Å². The summed E-state index contributed by atoms with van der Waals surface area (Å²) in [5, 5.41) is 6.69. The molecule has 0 aromatic heterocycles. The van der Waals surface area contributed by atoms with Gasteiger partial charge in [-0.1, -0.05) is 36.4 Å². The van der Waals surface area contributed by atoms with Gasteiger partial charge in [0.25, 0.3) is 0 Å². The molecule has 6 nitrogen and oxygen atoms in total. The second-order valence-electron chi connectivity index (χ2n) is 7.16. The van der Waals surface area contributed by atoms with E-state index in [1.54, 1.807) is 25.1 Å². The second-order valence-corrected chi connectivity index (χ2v) is 7.16. The SMILES string of the molecule is C=CCNC(=NCC(=O)N(C)C)NC1CCN(C(C)c2ccccc2)CC1.I. The number of nitrogens with one attached hydrogen (secondary N) is 2. The maximum absolute atomic E-state index is 11.8. The molecule has 0 saturated carbocycles. The number of likely N-dealkylation sites (tertiary alicyclic amines) is 1. The van der Waals surface area contributed by atoms with E-state index in [9.17, 15) is 4.79 Å². The first kappa shape index (κ1) is 24.4. The third-order valence-corrected chi connectivity index (χ3v) is 4.99. The number of piperidine rings is 1. The third kappa shape index (κ3) is 7.79. The molecule has 0 aliphatic carbocycles. The lowest BCUT2D eigenvalue weighted by atomic mass is 10.0. The third-order valence-electron chi connectivity index (χ3n) is 4.99. The van der Waals surface area contributed by atoms with Gasteiger partial charge in [0.1, 0.15) is 6.54 Å². The number of aliphatic imine (C=N–C) groups is 1. The van der Waals surface area contributed by atoms with E-state index >= 15 is 0 Å². The van der Waals surface area contributed by atoms with Crippen molar-refractivity contribution >= 4 is 35.8 Å². The number of halogens is 1. The lowest BCUT2D eigenvalue weighted by Gasteiger charge is -2.37. The van der Waals surface area contributed by atoms with E-state index in [-0.39, 0.29) is 36.4 Å². The number of likely N-dealkylation sites (N-methyl/N-ethyl adjacent to an activating group) is 1. The highest BCUT2D eigenvalue weighted by molar-refractivity contribution is 14.0. The van der Waals surface area contributed by atoms with Crippen molar-refractivity contribution in [3.63, 3.8) is 0 Å². The summed E-state index contributed by atoms with van der Waals surface area (Å²) >= 11 is 0. The van der Waals surface area contributed by atoms with Gasteiger partial charge in [-0.25, -0.2) is 4.99 Å². The van der Waals surface area contributed by atoms with Crippen LogP contribution in [-0.4, -0.2) is 68.0 Å². The van der Waals surface area contributed by atoms with Crippen molar-refractivity contribution < 1.29 is 4.79 Å². The Bertz CT molecular complexity index is 627. The molecule has 2 rings (SSSR count). The molecule has 1 amide bonds. The molecule has 2 N–H and O–H groups in total. The Morgan fingerprint density at radius 3 is 2.54 bits per heavy atom. The van der Waals surface area contributed by atoms with Crippen molar-refractivity contribution in [2.24, 2.45) is 4.99 Å². The molecule has 1 saturated heterocycles. The zero-order chi connectivity index (χ0) is 19.6. The molecule has 7 heteroatoms. The van der Waals surface area contributed by atoms with Crippen molar-refractivity contribution in [2.75, 3.05) is 40.3 Å². The van der Waals surface area contributed by atoms with Crippen LogP contribution in [0.25, 0.3) is 0 Å². The molecule has 1 aromatic rings. The van der Waals surface area contributed by atoms with Crippen LogP contribution in [0.4, 0.5) is 0 Å². The molecular weight excluding hydrogens is 465 g/mol. The van der Waals surface area contributed by atoms with Crippen molar-refractivity contribution in [3.05, 3.63) is 48.6 Å². The fraction of sp³-hybridized carbons (Fsp3) is 0.524. The monoisotopic (exact) mass is 499 g/mol. The van der Waals surface area contributed by atoms with Crippen molar-refractivity contribution in [3.8, 4) is 0 Å². The fourth-order valence-corrected chi connectivity index (χ4v) is 3.18. The highest BCUT2D eigenvalue weighted by Gasteiger charge is 2.24. The number of rotatable bonds is 7. The van der Waals surface area contributed by atoms with Crippen molar-refractivity contribution in [1.82, 2.24) is 20.4 Å². The summed E-state index contributed by atoms with van der Waals surface area (Å²) in [5.74, 6) is 0.667. The molecule has 0 bridgehead atoms. The first-order valence-electron chi connectivity index (χ1n) is 9.66.